The quantitative estimate of drug-likeness (QED) is 0.811. The van der Waals surface area contributed by atoms with Gasteiger partial charge in [-0.3, -0.25) is 9.59 Å². The zero-order chi connectivity index (χ0) is 18.0. The molecule has 0 spiro atoms. The van der Waals surface area contributed by atoms with Crippen LogP contribution in [0.1, 0.15) is 13.8 Å². The summed E-state index contributed by atoms with van der Waals surface area (Å²) < 4.78 is 5.35. The first-order valence-electron chi connectivity index (χ1n) is 7.73. The Balaban J connectivity index is 1.76. The molecule has 1 fully saturated rings. The molecule has 3 rings (SSSR count). The SMILES string of the molecule is COc1ccccc1-c1csc(NC(=O)C2CSC(C)(C)N2C=O)n1. The lowest BCUT2D eigenvalue weighted by molar-refractivity contribution is -0.130. The second-order valence-electron chi connectivity index (χ2n) is 6.01. The topological polar surface area (TPSA) is 71.5 Å². The summed E-state index contributed by atoms with van der Waals surface area (Å²) in [6.07, 6.45) is 0.742. The first-order chi connectivity index (χ1) is 12.0. The summed E-state index contributed by atoms with van der Waals surface area (Å²) in [5.41, 5.74) is 1.61. The molecule has 0 radical (unpaired) electrons. The molecule has 2 heterocycles. The molecule has 8 heteroatoms. The van der Waals surface area contributed by atoms with Gasteiger partial charge in [-0.15, -0.1) is 23.1 Å². The summed E-state index contributed by atoms with van der Waals surface area (Å²) in [5.74, 6) is 1.08. The standard InChI is InChI=1S/C17H19N3O3S2/c1-17(2)20(10-21)13(9-25-17)15(22)19-16-18-12(8-24-16)11-6-4-5-7-14(11)23-3/h4-8,10,13H,9H2,1-3H3,(H,18,19,22). The molecule has 0 aliphatic carbocycles. The first-order valence-corrected chi connectivity index (χ1v) is 9.60. The molecule has 1 aromatic heterocycles. The number of para-hydroxylation sites is 1. The molecule has 1 aliphatic heterocycles. The van der Waals surface area contributed by atoms with Gasteiger partial charge in [0.05, 0.1) is 17.7 Å². The minimum atomic E-state index is -0.490. The molecule has 25 heavy (non-hydrogen) atoms. The van der Waals surface area contributed by atoms with Gasteiger partial charge in [-0.05, 0) is 26.0 Å². The number of rotatable bonds is 5. The van der Waals surface area contributed by atoms with Gasteiger partial charge in [0.2, 0.25) is 12.3 Å². The van der Waals surface area contributed by atoms with Gasteiger partial charge in [-0.1, -0.05) is 12.1 Å². The normalized spacial score (nSPS) is 18.8. The van der Waals surface area contributed by atoms with Crippen LogP contribution >= 0.6 is 23.1 Å². The van der Waals surface area contributed by atoms with Crippen LogP contribution in [0.5, 0.6) is 5.75 Å². The van der Waals surface area contributed by atoms with Gasteiger partial charge in [0, 0.05) is 16.7 Å². The smallest absolute Gasteiger partial charge is 0.249 e. The van der Waals surface area contributed by atoms with Crippen LogP contribution < -0.4 is 10.1 Å². The van der Waals surface area contributed by atoms with Gasteiger partial charge < -0.3 is 15.0 Å². The van der Waals surface area contributed by atoms with Crippen LogP contribution in [0.2, 0.25) is 0 Å². The summed E-state index contributed by atoms with van der Waals surface area (Å²) in [7, 11) is 1.61. The van der Waals surface area contributed by atoms with E-state index in [0.29, 0.717) is 10.9 Å². The van der Waals surface area contributed by atoms with Crippen LogP contribution in [-0.2, 0) is 9.59 Å². The lowest BCUT2D eigenvalue weighted by atomic mass is 10.1. The maximum absolute atomic E-state index is 12.6. The lowest BCUT2D eigenvalue weighted by Gasteiger charge is -2.29. The maximum Gasteiger partial charge on any atom is 0.249 e. The van der Waals surface area contributed by atoms with Crippen LogP contribution in [0.4, 0.5) is 5.13 Å². The van der Waals surface area contributed by atoms with Crippen molar-refractivity contribution in [3.63, 3.8) is 0 Å². The Labute approximate surface area is 154 Å². The van der Waals surface area contributed by atoms with E-state index in [1.54, 1.807) is 23.8 Å². The third-order valence-corrected chi connectivity index (χ3v) is 6.24. The molecule has 1 aliphatic rings. The Hall–Kier alpha value is -2.06. The number of thiazole rings is 1. The predicted molar refractivity (Wildman–Crippen MR) is 101 cm³/mol. The molecule has 2 aromatic rings. The molecule has 1 N–H and O–H groups in total. The number of thioether (sulfide) groups is 1. The van der Waals surface area contributed by atoms with Crippen LogP contribution in [0.15, 0.2) is 29.6 Å². The van der Waals surface area contributed by atoms with Crippen LogP contribution in [0.3, 0.4) is 0 Å². The van der Waals surface area contributed by atoms with Gasteiger partial charge in [0.25, 0.3) is 0 Å². The van der Waals surface area contributed by atoms with Gasteiger partial charge in [-0.2, -0.15) is 0 Å². The number of aromatic nitrogens is 1. The van der Waals surface area contributed by atoms with E-state index in [0.717, 1.165) is 23.4 Å². The zero-order valence-corrected chi connectivity index (χ0v) is 15.8. The van der Waals surface area contributed by atoms with Crippen molar-refractivity contribution in [1.82, 2.24) is 9.88 Å². The van der Waals surface area contributed by atoms with E-state index in [2.05, 4.69) is 10.3 Å². The van der Waals surface area contributed by atoms with Gasteiger partial charge in [0.15, 0.2) is 5.13 Å². The summed E-state index contributed by atoms with van der Waals surface area (Å²) in [6, 6.07) is 7.10. The van der Waals surface area contributed by atoms with Crippen LogP contribution in [0, 0.1) is 0 Å². The Kier molecular flexibility index (Phi) is 5.01. The molecule has 1 aromatic carbocycles. The molecule has 1 saturated heterocycles. The number of carbonyl (C=O) groups excluding carboxylic acids is 2. The molecular formula is C17H19N3O3S2. The number of amides is 2. The highest BCUT2D eigenvalue weighted by atomic mass is 32.2. The molecule has 6 nitrogen and oxygen atoms in total. The number of methoxy groups -OCH3 is 1. The Morgan fingerprint density at radius 2 is 2.20 bits per heavy atom. The fourth-order valence-electron chi connectivity index (χ4n) is 2.72. The predicted octanol–water partition coefficient (Wildman–Crippen LogP) is 3.07. The molecule has 0 saturated carbocycles. The second-order valence-corrected chi connectivity index (χ2v) is 8.49. The van der Waals surface area contributed by atoms with Crippen molar-refractivity contribution in [2.45, 2.75) is 24.8 Å². The Morgan fingerprint density at radius 1 is 1.44 bits per heavy atom. The van der Waals surface area contributed by atoms with Crippen LogP contribution in [0.25, 0.3) is 11.3 Å². The number of nitrogens with one attached hydrogen (secondary N) is 1. The number of benzene rings is 1. The van der Waals surface area contributed by atoms with E-state index in [4.69, 9.17) is 4.74 Å². The van der Waals surface area contributed by atoms with Crippen molar-refractivity contribution in [3.05, 3.63) is 29.6 Å². The summed E-state index contributed by atoms with van der Waals surface area (Å²) in [5, 5.41) is 5.21. The summed E-state index contributed by atoms with van der Waals surface area (Å²) >= 11 is 2.93. The number of hydrogen-bond acceptors (Lipinski definition) is 6. The fraction of sp³-hybridized carbons (Fsp3) is 0.353. The number of nitrogens with zero attached hydrogens (tertiary/aromatic N) is 2. The van der Waals surface area contributed by atoms with Crippen molar-refractivity contribution in [2.24, 2.45) is 0 Å². The van der Waals surface area contributed by atoms with Gasteiger partial charge in [-0.25, -0.2) is 4.98 Å². The minimum absolute atomic E-state index is 0.217. The van der Waals surface area contributed by atoms with E-state index in [-0.39, 0.29) is 10.8 Å². The van der Waals surface area contributed by atoms with E-state index in [1.165, 1.54) is 11.3 Å². The second kappa shape index (κ2) is 7.05. The highest BCUT2D eigenvalue weighted by Crippen LogP contribution is 2.38. The van der Waals surface area contributed by atoms with E-state index in [9.17, 15) is 9.59 Å². The number of ether oxygens (including phenoxy) is 1. The Morgan fingerprint density at radius 3 is 2.92 bits per heavy atom. The van der Waals surface area contributed by atoms with E-state index < -0.39 is 6.04 Å². The zero-order valence-electron chi connectivity index (χ0n) is 14.2. The average molecular weight is 377 g/mol. The molecule has 1 atom stereocenters. The molecule has 132 valence electrons. The molecule has 0 bridgehead atoms. The first kappa shape index (κ1) is 17.8. The number of anilines is 1. The Bertz CT molecular complexity index is 791. The van der Waals surface area contributed by atoms with E-state index in [1.807, 2.05) is 43.5 Å². The lowest BCUT2D eigenvalue weighted by Crippen LogP contribution is -2.47. The highest BCUT2D eigenvalue weighted by Gasteiger charge is 2.43. The minimum Gasteiger partial charge on any atom is -0.496 e. The van der Waals surface area contributed by atoms with Crippen LogP contribution in [-0.4, -0.2) is 46.0 Å². The summed E-state index contributed by atoms with van der Waals surface area (Å²) in [4.78, 5) is 29.6. The highest BCUT2D eigenvalue weighted by molar-refractivity contribution is 8.00. The van der Waals surface area contributed by atoms with Gasteiger partial charge >= 0.3 is 0 Å². The van der Waals surface area contributed by atoms with Crippen molar-refractivity contribution >= 4 is 40.5 Å². The van der Waals surface area contributed by atoms with Crippen molar-refractivity contribution in [1.29, 1.82) is 0 Å². The number of carbonyl (C=O) groups is 2. The molecule has 2 amide bonds. The van der Waals surface area contributed by atoms with Crippen molar-refractivity contribution < 1.29 is 14.3 Å². The van der Waals surface area contributed by atoms with Crippen molar-refractivity contribution in [3.8, 4) is 17.0 Å². The molecular weight excluding hydrogens is 358 g/mol. The largest absolute Gasteiger partial charge is 0.496 e. The number of hydrogen-bond donors (Lipinski definition) is 1. The van der Waals surface area contributed by atoms with E-state index >= 15 is 0 Å². The monoisotopic (exact) mass is 377 g/mol. The van der Waals surface area contributed by atoms with Crippen molar-refractivity contribution in [2.75, 3.05) is 18.2 Å². The fourth-order valence-corrected chi connectivity index (χ4v) is 4.63. The third-order valence-electron chi connectivity index (χ3n) is 4.09. The molecule has 1 unspecified atom stereocenters. The summed E-state index contributed by atoms with van der Waals surface area (Å²) in [6.45, 7) is 3.87. The van der Waals surface area contributed by atoms with Gasteiger partial charge in [0.1, 0.15) is 11.8 Å². The third kappa shape index (κ3) is 3.50. The average Bonchev–Trinajstić information content (AvgIpc) is 3.18. The maximum atomic E-state index is 12.6.